The van der Waals surface area contributed by atoms with Crippen LogP contribution in [-0.2, 0) is 9.59 Å². The van der Waals surface area contributed by atoms with Crippen molar-refractivity contribution in [3.8, 4) is 17.6 Å². The molecule has 8 nitrogen and oxygen atoms in total. The van der Waals surface area contributed by atoms with E-state index in [1.165, 1.54) is 7.11 Å². The molecule has 0 unspecified atom stereocenters. The average molecular weight is 410 g/mol. The molecule has 3 N–H and O–H groups in total. The summed E-state index contributed by atoms with van der Waals surface area (Å²) in [6.45, 7) is 4.30. The van der Waals surface area contributed by atoms with Gasteiger partial charge in [-0.3, -0.25) is 20.4 Å². The Morgan fingerprint density at radius 2 is 1.80 bits per heavy atom. The van der Waals surface area contributed by atoms with Gasteiger partial charge >= 0.3 is 0 Å². The highest BCUT2D eigenvalue weighted by molar-refractivity contribution is 5.84. The lowest BCUT2D eigenvalue weighted by Crippen LogP contribution is -2.44. The van der Waals surface area contributed by atoms with Gasteiger partial charge in [-0.15, -0.1) is 0 Å². The van der Waals surface area contributed by atoms with E-state index in [4.69, 9.17) is 14.7 Å². The van der Waals surface area contributed by atoms with Crippen molar-refractivity contribution >= 4 is 17.5 Å². The molecule has 8 heteroatoms. The minimum Gasteiger partial charge on any atom is -0.493 e. The largest absolute Gasteiger partial charge is 0.493 e. The number of carbonyl (C=O) groups excluding carboxylic acids is 2. The van der Waals surface area contributed by atoms with Crippen molar-refractivity contribution in [1.29, 1.82) is 5.26 Å². The van der Waals surface area contributed by atoms with E-state index in [2.05, 4.69) is 16.2 Å². The molecular formula is C22H26N4O4. The summed E-state index contributed by atoms with van der Waals surface area (Å²) >= 11 is 0. The molecule has 0 saturated carbocycles. The first-order chi connectivity index (χ1) is 14.4. The summed E-state index contributed by atoms with van der Waals surface area (Å²) in [6, 6.07) is 12.8. The van der Waals surface area contributed by atoms with Crippen LogP contribution < -0.4 is 25.6 Å². The maximum atomic E-state index is 11.9. The zero-order valence-electron chi connectivity index (χ0n) is 17.4. The van der Waals surface area contributed by atoms with E-state index in [-0.39, 0.29) is 31.4 Å². The number of nitrogens with zero attached hydrogens (tertiary/aromatic N) is 1. The molecule has 0 bridgehead atoms. The van der Waals surface area contributed by atoms with Crippen molar-refractivity contribution in [3.63, 3.8) is 0 Å². The molecule has 0 aliphatic carbocycles. The van der Waals surface area contributed by atoms with E-state index in [1.807, 2.05) is 38.1 Å². The summed E-state index contributed by atoms with van der Waals surface area (Å²) in [4.78, 5) is 23.8. The van der Waals surface area contributed by atoms with Crippen LogP contribution in [0.25, 0.3) is 0 Å². The van der Waals surface area contributed by atoms with Gasteiger partial charge in [0.05, 0.1) is 31.9 Å². The Hall–Kier alpha value is -3.73. The first kappa shape index (κ1) is 22.6. The predicted molar refractivity (Wildman–Crippen MR) is 113 cm³/mol. The Balaban J connectivity index is 1.65. The maximum absolute atomic E-state index is 11.9. The SMILES string of the molecule is COc1cc(C#N)ccc1OCCCC(=O)NNC(=O)CNc1ccc(C)cc1C. The zero-order chi connectivity index (χ0) is 21.9. The number of aryl methyl sites for hydroxylation is 2. The number of hydrogen-bond acceptors (Lipinski definition) is 6. The van der Waals surface area contributed by atoms with Crippen molar-refractivity contribution in [2.75, 3.05) is 25.6 Å². The maximum Gasteiger partial charge on any atom is 0.257 e. The molecule has 0 atom stereocenters. The van der Waals surface area contributed by atoms with Crippen LogP contribution >= 0.6 is 0 Å². The second-order valence-electron chi connectivity index (χ2n) is 6.70. The number of amides is 2. The van der Waals surface area contributed by atoms with Gasteiger partial charge < -0.3 is 14.8 Å². The molecule has 0 spiro atoms. The van der Waals surface area contributed by atoms with E-state index in [0.717, 1.165) is 16.8 Å². The van der Waals surface area contributed by atoms with Crippen LogP contribution in [0.5, 0.6) is 11.5 Å². The number of benzene rings is 2. The minimum atomic E-state index is -0.345. The van der Waals surface area contributed by atoms with Crippen molar-refractivity contribution < 1.29 is 19.1 Å². The number of nitrogens with one attached hydrogen (secondary N) is 3. The van der Waals surface area contributed by atoms with Crippen LogP contribution in [0.15, 0.2) is 36.4 Å². The summed E-state index contributed by atoms with van der Waals surface area (Å²) < 4.78 is 10.8. The second kappa shape index (κ2) is 11.3. The molecular weight excluding hydrogens is 384 g/mol. The average Bonchev–Trinajstić information content (AvgIpc) is 2.74. The van der Waals surface area contributed by atoms with Gasteiger partial charge in [0.15, 0.2) is 11.5 Å². The molecule has 0 saturated heterocycles. The Morgan fingerprint density at radius 1 is 1.03 bits per heavy atom. The molecule has 2 rings (SSSR count). The molecule has 0 radical (unpaired) electrons. The van der Waals surface area contributed by atoms with Crippen molar-refractivity contribution in [2.24, 2.45) is 0 Å². The fourth-order valence-electron chi connectivity index (χ4n) is 2.70. The van der Waals surface area contributed by atoms with Crippen molar-refractivity contribution in [2.45, 2.75) is 26.7 Å². The highest BCUT2D eigenvalue weighted by Crippen LogP contribution is 2.27. The molecule has 0 aliphatic rings. The molecule has 0 heterocycles. The van der Waals surface area contributed by atoms with Crippen LogP contribution in [0.4, 0.5) is 5.69 Å². The van der Waals surface area contributed by atoms with Crippen LogP contribution in [0, 0.1) is 25.2 Å². The Morgan fingerprint density at radius 3 is 2.50 bits per heavy atom. The summed E-state index contributed by atoms with van der Waals surface area (Å²) in [6.07, 6.45) is 0.634. The molecule has 30 heavy (non-hydrogen) atoms. The highest BCUT2D eigenvalue weighted by Gasteiger charge is 2.08. The Kier molecular flexibility index (Phi) is 8.51. The molecule has 158 valence electrons. The van der Waals surface area contributed by atoms with Crippen LogP contribution in [0.2, 0.25) is 0 Å². The van der Waals surface area contributed by atoms with Gasteiger partial charge in [-0.05, 0) is 44.0 Å². The van der Waals surface area contributed by atoms with Gasteiger partial charge in [0.25, 0.3) is 5.91 Å². The smallest absolute Gasteiger partial charge is 0.257 e. The van der Waals surface area contributed by atoms with Crippen LogP contribution in [-0.4, -0.2) is 32.1 Å². The van der Waals surface area contributed by atoms with E-state index in [1.54, 1.807) is 18.2 Å². The number of anilines is 1. The standard InChI is InChI=1S/C22H26N4O4/c1-15-6-8-18(16(2)11-15)24-14-22(28)26-25-21(27)5-4-10-30-19-9-7-17(13-23)12-20(19)29-3/h6-9,11-12,24H,4-5,10,14H2,1-3H3,(H,25,27)(H,26,28). The van der Waals surface area contributed by atoms with Crippen molar-refractivity contribution in [3.05, 3.63) is 53.1 Å². The number of rotatable bonds is 9. The fraction of sp³-hybridized carbons (Fsp3) is 0.318. The topological polar surface area (TPSA) is 112 Å². The third-order valence-electron chi connectivity index (χ3n) is 4.26. The van der Waals surface area contributed by atoms with Crippen molar-refractivity contribution in [1.82, 2.24) is 10.9 Å². The number of nitriles is 1. The normalized spacial score (nSPS) is 9.93. The Labute approximate surface area is 176 Å². The van der Waals surface area contributed by atoms with E-state index in [9.17, 15) is 9.59 Å². The number of hydrogen-bond donors (Lipinski definition) is 3. The monoisotopic (exact) mass is 410 g/mol. The lowest BCUT2D eigenvalue weighted by molar-refractivity contribution is -0.128. The third-order valence-corrected chi connectivity index (χ3v) is 4.26. The minimum absolute atomic E-state index is 0.0474. The number of carbonyl (C=O) groups is 2. The van der Waals surface area contributed by atoms with Gasteiger partial charge in [-0.25, -0.2) is 0 Å². The number of hydrazine groups is 1. The lowest BCUT2D eigenvalue weighted by Gasteiger charge is -2.12. The quantitative estimate of drug-likeness (QED) is 0.433. The predicted octanol–water partition coefficient (Wildman–Crippen LogP) is 2.60. The summed E-state index contributed by atoms with van der Waals surface area (Å²) in [5.41, 5.74) is 8.31. The number of ether oxygens (including phenoxy) is 2. The highest BCUT2D eigenvalue weighted by atomic mass is 16.5. The molecule has 0 aliphatic heterocycles. The fourth-order valence-corrected chi connectivity index (χ4v) is 2.70. The first-order valence-electron chi connectivity index (χ1n) is 9.52. The second-order valence-corrected chi connectivity index (χ2v) is 6.70. The summed E-state index contributed by atoms with van der Waals surface area (Å²) in [5, 5.41) is 11.9. The van der Waals surface area contributed by atoms with Crippen LogP contribution in [0.1, 0.15) is 29.5 Å². The zero-order valence-corrected chi connectivity index (χ0v) is 17.4. The van der Waals surface area contributed by atoms with E-state index < -0.39 is 0 Å². The van der Waals surface area contributed by atoms with Gasteiger partial charge in [-0.2, -0.15) is 5.26 Å². The summed E-state index contributed by atoms with van der Waals surface area (Å²) in [5.74, 6) is 0.303. The molecule has 2 amide bonds. The molecule has 0 aromatic heterocycles. The van der Waals surface area contributed by atoms with Gasteiger partial charge in [-0.1, -0.05) is 17.7 Å². The van der Waals surface area contributed by atoms with E-state index in [0.29, 0.717) is 23.5 Å². The lowest BCUT2D eigenvalue weighted by atomic mass is 10.1. The number of methoxy groups -OCH3 is 1. The Bertz CT molecular complexity index is 937. The molecule has 0 fully saturated rings. The van der Waals surface area contributed by atoms with Gasteiger partial charge in [0, 0.05) is 18.2 Å². The van der Waals surface area contributed by atoms with E-state index >= 15 is 0 Å². The molecule has 2 aromatic carbocycles. The van der Waals surface area contributed by atoms with Gasteiger partial charge in [0.1, 0.15) is 0 Å². The van der Waals surface area contributed by atoms with Gasteiger partial charge in [0.2, 0.25) is 5.91 Å². The van der Waals surface area contributed by atoms with Crippen LogP contribution in [0.3, 0.4) is 0 Å². The molecule has 2 aromatic rings. The summed E-state index contributed by atoms with van der Waals surface area (Å²) in [7, 11) is 1.49. The third kappa shape index (κ3) is 7.02. The first-order valence-corrected chi connectivity index (χ1v) is 9.52.